The molecule has 4 aromatic rings. The number of ether oxygens (including phenoxy) is 4. The number of anilines is 1. The number of hydrogen-bond acceptors (Lipinski definition) is 11. The Balaban J connectivity index is 0.926. The van der Waals surface area contributed by atoms with Gasteiger partial charge >= 0.3 is 6.18 Å². The van der Waals surface area contributed by atoms with Crippen LogP contribution in [0.1, 0.15) is 69.6 Å². The first-order chi connectivity index (χ1) is 30.4. The Hall–Kier alpha value is -5.37. The molecule has 1 fully saturated rings. The highest BCUT2D eigenvalue weighted by Gasteiger charge is 2.41. The molecule has 2 aromatic carbocycles. The first-order valence-electron chi connectivity index (χ1n) is 21.2. The van der Waals surface area contributed by atoms with E-state index in [0.29, 0.717) is 95.9 Å². The van der Waals surface area contributed by atoms with Crippen LogP contribution in [-0.2, 0) is 42.1 Å². The highest BCUT2D eigenvalue weighted by atomic mass is 19.4. The van der Waals surface area contributed by atoms with Gasteiger partial charge in [0.2, 0.25) is 5.91 Å². The molecule has 1 aliphatic carbocycles. The maximum atomic E-state index is 13.5. The number of nitrogens with one attached hydrogen (secondary N) is 3. The van der Waals surface area contributed by atoms with Gasteiger partial charge in [-0.25, -0.2) is 0 Å². The first kappa shape index (κ1) is 48.7. The van der Waals surface area contributed by atoms with Crippen LogP contribution in [0.4, 0.5) is 18.9 Å². The number of nitrogens with zero attached hydrogens (tertiary/aromatic N) is 4. The van der Waals surface area contributed by atoms with Crippen molar-refractivity contribution in [2.75, 3.05) is 85.4 Å². The number of carbonyl (C=O) groups excluding carboxylic acids is 5. The number of aldehydes is 2. The Labute approximate surface area is 364 Å². The molecule has 3 N–H and O–H groups in total. The molecular weight excluding hydrogens is 828 g/mol. The van der Waals surface area contributed by atoms with E-state index < -0.39 is 30.0 Å². The van der Waals surface area contributed by atoms with Crippen LogP contribution < -0.4 is 16.0 Å². The third kappa shape index (κ3) is 13.3. The molecule has 0 aliphatic heterocycles. The number of amides is 3. The van der Waals surface area contributed by atoms with Crippen LogP contribution in [0.15, 0.2) is 42.6 Å². The summed E-state index contributed by atoms with van der Waals surface area (Å²) in [5.74, 6) is -2.32. The molecule has 2 heterocycles. The van der Waals surface area contributed by atoms with Crippen molar-refractivity contribution in [2.24, 2.45) is 18.9 Å². The normalized spacial score (nSPS) is 15.9. The zero-order chi connectivity index (χ0) is 45.4. The number of benzene rings is 2. The topological polar surface area (TPSA) is 184 Å². The number of aromatic nitrogens is 3. The highest BCUT2D eigenvalue weighted by Crippen LogP contribution is 2.41. The lowest BCUT2D eigenvalue weighted by Gasteiger charge is -2.30. The van der Waals surface area contributed by atoms with E-state index in [1.54, 1.807) is 22.9 Å². The largest absolute Gasteiger partial charge is 0.391 e. The predicted molar refractivity (Wildman–Crippen MR) is 229 cm³/mol. The van der Waals surface area contributed by atoms with Crippen molar-refractivity contribution < 1.29 is 56.1 Å². The second-order valence-electron chi connectivity index (χ2n) is 15.5. The number of likely N-dealkylation sites (N-methyl/N-ethyl adjacent to an activating group) is 2. The molecule has 1 saturated carbocycles. The SMILES string of the molecule is CNC(=O)C(CCC=O)N(C)C(=O)c1c(C=O)cccc1NCCOCCOCCOCCOCCNC(=O)c1ccc2c(c1)c1cn(C)nc1n2CC1CCC(C(F)(F)F)CC1. The van der Waals surface area contributed by atoms with E-state index in [4.69, 9.17) is 18.9 Å². The summed E-state index contributed by atoms with van der Waals surface area (Å²) in [4.78, 5) is 62.9. The summed E-state index contributed by atoms with van der Waals surface area (Å²) in [6, 6.07) is 9.39. The third-order valence-corrected chi connectivity index (χ3v) is 11.2. The molecule has 0 spiro atoms. The van der Waals surface area contributed by atoms with Crippen LogP contribution in [0.25, 0.3) is 21.9 Å². The maximum Gasteiger partial charge on any atom is 0.391 e. The summed E-state index contributed by atoms with van der Waals surface area (Å²) < 4.78 is 65.8. The molecule has 5 rings (SSSR count). The Morgan fingerprint density at radius 1 is 0.905 bits per heavy atom. The predicted octanol–water partition coefficient (Wildman–Crippen LogP) is 4.78. The van der Waals surface area contributed by atoms with Gasteiger partial charge in [0.05, 0.1) is 69.9 Å². The number of halogens is 3. The van der Waals surface area contributed by atoms with Gasteiger partial charge in [0.1, 0.15) is 12.3 Å². The monoisotopic (exact) mass is 885 g/mol. The Bertz CT molecular complexity index is 2150. The van der Waals surface area contributed by atoms with Crippen LogP contribution in [0.2, 0.25) is 0 Å². The number of rotatable bonds is 26. The van der Waals surface area contributed by atoms with Gasteiger partial charge in [-0.2, -0.15) is 18.3 Å². The molecule has 0 radical (unpaired) electrons. The number of alkyl halides is 3. The fraction of sp³-hybridized carbons (Fsp3) is 0.545. The fourth-order valence-electron chi connectivity index (χ4n) is 7.85. The molecule has 0 saturated heterocycles. The van der Waals surface area contributed by atoms with Crippen molar-refractivity contribution in [2.45, 2.75) is 57.3 Å². The molecule has 2 aromatic heterocycles. The average Bonchev–Trinajstić information content (AvgIpc) is 3.79. The van der Waals surface area contributed by atoms with Gasteiger partial charge in [-0.3, -0.25) is 23.9 Å². The zero-order valence-electron chi connectivity index (χ0n) is 36.0. The van der Waals surface area contributed by atoms with Gasteiger partial charge in [0.15, 0.2) is 11.9 Å². The minimum Gasteiger partial charge on any atom is -0.382 e. The average molecular weight is 886 g/mol. The zero-order valence-corrected chi connectivity index (χ0v) is 36.0. The minimum atomic E-state index is -4.14. The van der Waals surface area contributed by atoms with Gasteiger partial charge in [0.25, 0.3) is 11.8 Å². The van der Waals surface area contributed by atoms with Gasteiger partial charge in [-0.1, -0.05) is 12.1 Å². The molecule has 1 unspecified atom stereocenters. The Morgan fingerprint density at radius 3 is 2.17 bits per heavy atom. The lowest BCUT2D eigenvalue weighted by molar-refractivity contribution is -0.184. The van der Waals surface area contributed by atoms with Crippen molar-refractivity contribution in [3.63, 3.8) is 0 Å². The van der Waals surface area contributed by atoms with Crippen molar-refractivity contribution in [3.8, 4) is 0 Å². The molecule has 63 heavy (non-hydrogen) atoms. The second-order valence-corrected chi connectivity index (χ2v) is 15.5. The lowest BCUT2D eigenvalue weighted by Crippen LogP contribution is -2.47. The summed E-state index contributed by atoms with van der Waals surface area (Å²) in [5.41, 5.74) is 2.82. The van der Waals surface area contributed by atoms with E-state index in [1.807, 2.05) is 25.4 Å². The van der Waals surface area contributed by atoms with Crippen LogP contribution in [0.5, 0.6) is 0 Å². The van der Waals surface area contributed by atoms with Crippen LogP contribution in [0, 0.1) is 11.8 Å². The summed E-state index contributed by atoms with van der Waals surface area (Å²) >= 11 is 0. The molecular formula is C44H58F3N7O9. The number of aryl methyl sites for hydroxylation is 1. The van der Waals surface area contributed by atoms with E-state index in [-0.39, 0.29) is 61.8 Å². The summed E-state index contributed by atoms with van der Waals surface area (Å²) in [6.07, 6.45) is 0.544. The quantitative estimate of drug-likeness (QED) is 0.0583. The van der Waals surface area contributed by atoms with E-state index >= 15 is 0 Å². The lowest BCUT2D eigenvalue weighted by atomic mass is 9.81. The van der Waals surface area contributed by atoms with E-state index in [0.717, 1.165) is 21.9 Å². The smallest absolute Gasteiger partial charge is 0.382 e. The van der Waals surface area contributed by atoms with Gasteiger partial charge in [-0.05, 0) is 62.3 Å². The van der Waals surface area contributed by atoms with Crippen molar-refractivity contribution in [1.29, 1.82) is 0 Å². The molecule has 19 heteroatoms. The van der Waals surface area contributed by atoms with Gasteiger partial charge in [-0.15, -0.1) is 0 Å². The van der Waals surface area contributed by atoms with Gasteiger partial charge < -0.3 is 49.2 Å². The molecule has 344 valence electrons. The van der Waals surface area contributed by atoms with Crippen molar-refractivity contribution in [1.82, 2.24) is 29.9 Å². The Kier molecular flexibility index (Phi) is 18.5. The standard InChI is InChI=1S/C44H58F3N7O9/c1-48-42(58)38(8-5-17-55)53(3)43(59)39-32(29-56)6-4-7-36(39)49-15-18-60-20-22-62-24-25-63-23-21-61-19-16-50-41(57)31-11-14-37-34(26-31)35-28-52(2)51-40(35)54(37)27-30-9-12-33(13-10-30)44(45,46)47/h4,6-7,11,14,17,26,28-30,33,38,49H,5,8-10,12-13,15-16,18-25,27H2,1-3H3,(H,48,58)(H,50,57). The minimum absolute atomic E-state index is 0.0915. The second kappa shape index (κ2) is 23.9. The Morgan fingerprint density at radius 2 is 1.56 bits per heavy atom. The first-order valence-corrected chi connectivity index (χ1v) is 21.2. The van der Waals surface area contributed by atoms with Crippen LogP contribution in [-0.4, -0.2) is 142 Å². The van der Waals surface area contributed by atoms with Crippen LogP contribution in [0.3, 0.4) is 0 Å². The number of hydrogen-bond donors (Lipinski definition) is 3. The molecule has 1 atom stereocenters. The molecule has 1 aliphatic rings. The van der Waals surface area contributed by atoms with Crippen LogP contribution >= 0.6 is 0 Å². The fourth-order valence-corrected chi connectivity index (χ4v) is 7.85. The van der Waals surface area contributed by atoms with Gasteiger partial charge in [0, 0.05) is 81.0 Å². The van der Waals surface area contributed by atoms with E-state index in [9.17, 15) is 37.1 Å². The summed E-state index contributed by atoms with van der Waals surface area (Å²) in [6.45, 7) is 3.79. The van der Waals surface area contributed by atoms with E-state index in [2.05, 4.69) is 25.6 Å². The van der Waals surface area contributed by atoms with Crippen molar-refractivity contribution >= 4 is 57.9 Å². The van der Waals surface area contributed by atoms with Crippen molar-refractivity contribution in [3.05, 3.63) is 59.3 Å². The van der Waals surface area contributed by atoms with E-state index in [1.165, 1.54) is 25.1 Å². The molecule has 3 amide bonds. The summed E-state index contributed by atoms with van der Waals surface area (Å²) in [7, 11) is 4.73. The maximum absolute atomic E-state index is 13.5. The molecule has 16 nitrogen and oxygen atoms in total. The highest BCUT2D eigenvalue weighted by molar-refractivity contribution is 6.10. The third-order valence-electron chi connectivity index (χ3n) is 11.2. The number of carbonyl (C=O) groups is 5. The molecule has 0 bridgehead atoms. The number of fused-ring (bicyclic) bond motifs is 3. The summed E-state index contributed by atoms with van der Waals surface area (Å²) in [5, 5.41) is 14.9.